The van der Waals surface area contributed by atoms with Crippen LogP contribution in [0.1, 0.15) is 15.9 Å². The van der Waals surface area contributed by atoms with Gasteiger partial charge in [0.15, 0.2) is 0 Å². The topological polar surface area (TPSA) is 68.0 Å². The molecule has 1 aromatic carbocycles. The number of benzene rings is 1. The van der Waals surface area contributed by atoms with E-state index >= 15 is 0 Å². The smallest absolute Gasteiger partial charge is 0.251 e. The lowest BCUT2D eigenvalue weighted by Gasteiger charge is -2.16. The summed E-state index contributed by atoms with van der Waals surface area (Å²) in [6.45, 7) is 0.708. The molecule has 0 saturated carbocycles. The van der Waals surface area contributed by atoms with Crippen LogP contribution in [0.3, 0.4) is 0 Å². The van der Waals surface area contributed by atoms with Crippen LogP contribution in [0, 0.1) is 0 Å². The Bertz CT molecular complexity index is 901. The van der Waals surface area contributed by atoms with Gasteiger partial charge >= 0.3 is 0 Å². The molecule has 3 aromatic rings. The van der Waals surface area contributed by atoms with Crippen LogP contribution in [0.2, 0.25) is 0 Å². The maximum absolute atomic E-state index is 11.8. The van der Waals surface area contributed by atoms with E-state index in [1.165, 1.54) is 4.88 Å². The molecule has 3 heterocycles. The largest absolute Gasteiger partial charge is 0.397 e. The number of carbonyl (C=O) groups is 1. The number of hydrogen-bond acceptors (Lipinski definition) is 4. The number of nitrogens with zero attached hydrogens (tertiary/aromatic N) is 1. The van der Waals surface area contributed by atoms with Gasteiger partial charge in [0.05, 0.1) is 5.69 Å². The number of hydrogen-bond donors (Lipinski definition) is 2. The molecule has 0 radical (unpaired) electrons. The van der Waals surface area contributed by atoms with Gasteiger partial charge in [-0.15, -0.1) is 11.3 Å². The zero-order valence-electron chi connectivity index (χ0n) is 12.4. The summed E-state index contributed by atoms with van der Waals surface area (Å²) >= 11 is 1.70. The molecular weight excluding hydrogens is 306 g/mol. The lowest BCUT2D eigenvalue weighted by Crippen LogP contribution is -2.31. The van der Waals surface area contributed by atoms with Crippen molar-refractivity contribution in [2.24, 2.45) is 0 Å². The Kier molecular flexibility index (Phi) is 3.35. The third kappa shape index (κ3) is 2.59. The van der Waals surface area contributed by atoms with Gasteiger partial charge in [-0.25, -0.2) is 0 Å². The second-order valence-corrected chi connectivity index (χ2v) is 6.63. The molecule has 0 spiro atoms. The fourth-order valence-corrected chi connectivity index (χ4v) is 3.81. The van der Waals surface area contributed by atoms with Gasteiger partial charge in [0, 0.05) is 39.8 Å². The second-order valence-electron chi connectivity index (χ2n) is 5.55. The summed E-state index contributed by atoms with van der Waals surface area (Å²) in [7, 11) is 0. The van der Waals surface area contributed by atoms with Gasteiger partial charge in [-0.05, 0) is 47.9 Å². The van der Waals surface area contributed by atoms with Crippen LogP contribution >= 0.6 is 11.3 Å². The normalized spacial score (nSPS) is 13.5. The Hall–Kier alpha value is -2.66. The predicted molar refractivity (Wildman–Crippen MR) is 93.4 cm³/mol. The van der Waals surface area contributed by atoms with E-state index in [2.05, 4.69) is 28.5 Å². The first-order valence-electron chi connectivity index (χ1n) is 7.43. The average Bonchev–Trinajstić information content (AvgIpc) is 3.05. The highest BCUT2D eigenvalue weighted by molar-refractivity contribution is 7.18. The number of carbonyl (C=O) groups excluding carboxylic acids is 1. The van der Waals surface area contributed by atoms with E-state index in [0.29, 0.717) is 12.2 Å². The minimum Gasteiger partial charge on any atom is -0.397 e. The van der Waals surface area contributed by atoms with Crippen LogP contribution in [0.4, 0.5) is 5.69 Å². The summed E-state index contributed by atoms with van der Waals surface area (Å²) in [5.74, 6) is 0.0236. The number of amides is 1. The SMILES string of the molecule is Nc1cncc(-c2ccc(-c3ccc4c(c3)CCNC4=O)s2)c1. The predicted octanol–water partition coefficient (Wildman–Crippen LogP) is 3.35. The Balaban J connectivity index is 1.71. The quantitative estimate of drug-likeness (QED) is 0.760. The molecule has 0 fully saturated rings. The zero-order chi connectivity index (χ0) is 15.8. The molecule has 0 atom stereocenters. The molecule has 1 aliphatic rings. The average molecular weight is 321 g/mol. The van der Waals surface area contributed by atoms with E-state index in [0.717, 1.165) is 33.6 Å². The third-order valence-corrected chi connectivity index (χ3v) is 5.15. The first-order chi connectivity index (χ1) is 11.2. The van der Waals surface area contributed by atoms with Gasteiger partial charge < -0.3 is 11.1 Å². The highest BCUT2D eigenvalue weighted by Crippen LogP contribution is 2.35. The molecular formula is C18H15N3OS. The van der Waals surface area contributed by atoms with Gasteiger partial charge in [-0.2, -0.15) is 0 Å². The lowest BCUT2D eigenvalue weighted by atomic mass is 9.97. The molecule has 0 saturated heterocycles. The van der Waals surface area contributed by atoms with E-state index in [1.807, 2.05) is 24.4 Å². The van der Waals surface area contributed by atoms with E-state index in [-0.39, 0.29) is 5.91 Å². The van der Waals surface area contributed by atoms with Crippen LogP contribution in [-0.2, 0) is 6.42 Å². The van der Waals surface area contributed by atoms with Crippen LogP contribution in [-0.4, -0.2) is 17.4 Å². The highest BCUT2D eigenvalue weighted by Gasteiger charge is 2.17. The molecule has 1 aliphatic heterocycles. The monoisotopic (exact) mass is 321 g/mol. The summed E-state index contributed by atoms with van der Waals surface area (Å²) in [6, 6.07) is 12.2. The molecule has 0 bridgehead atoms. The zero-order valence-corrected chi connectivity index (χ0v) is 13.2. The highest BCUT2D eigenvalue weighted by atomic mass is 32.1. The number of nitrogen functional groups attached to an aromatic ring is 1. The van der Waals surface area contributed by atoms with Crippen molar-refractivity contribution >= 4 is 22.9 Å². The third-order valence-electron chi connectivity index (χ3n) is 3.96. The molecule has 5 heteroatoms. The van der Waals surface area contributed by atoms with Crippen molar-refractivity contribution in [3.05, 3.63) is 59.9 Å². The minimum atomic E-state index is 0.0236. The van der Waals surface area contributed by atoms with Crippen molar-refractivity contribution in [3.8, 4) is 20.9 Å². The van der Waals surface area contributed by atoms with Crippen molar-refractivity contribution < 1.29 is 4.79 Å². The summed E-state index contributed by atoms with van der Waals surface area (Å²) in [5.41, 5.74) is 10.5. The van der Waals surface area contributed by atoms with E-state index in [9.17, 15) is 4.79 Å². The Morgan fingerprint density at radius 1 is 1.04 bits per heavy atom. The fraction of sp³-hybridized carbons (Fsp3) is 0.111. The van der Waals surface area contributed by atoms with E-state index in [4.69, 9.17) is 5.73 Å². The minimum absolute atomic E-state index is 0.0236. The maximum Gasteiger partial charge on any atom is 0.251 e. The van der Waals surface area contributed by atoms with Gasteiger partial charge in [-0.3, -0.25) is 9.78 Å². The van der Waals surface area contributed by atoms with Gasteiger partial charge in [-0.1, -0.05) is 6.07 Å². The molecule has 3 N–H and O–H groups in total. The first-order valence-corrected chi connectivity index (χ1v) is 8.24. The summed E-state index contributed by atoms with van der Waals surface area (Å²) in [5, 5.41) is 2.87. The fourth-order valence-electron chi connectivity index (χ4n) is 2.82. The number of rotatable bonds is 2. The number of anilines is 1. The van der Waals surface area contributed by atoms with Gasteiger partial charge in [0.2, 0.25) is 0 Å². The van der Waals surface area contributed by atoms with Crippen molar-refractivity contribution in [3.63, 3.8) is 0 Å². The number of nitrogens with two attached hydrogens (primary N) is 1. The van der Waals surface area contributed by atoms with Crippen LogP contribution in [0.25, 0.3) is 20.9 Å². The van der Waals surface area contributed by atoms with Crippen molar-refractivity contribution in [2.75, 3.05) is 12.3 Å². The number of thiophene rings is 1. The van der Waals surface area contributed by atoms with E-state index < -0.39 is 0 Å². The molecule has 4 rings (SSSR count). The van der Waals surface area contributed by atoms with Crippen LogP contribution in [0.5, 0.6) is 0 Å². The van der Waals surface area contributed by atoms with E-state index in [1.54, 1.807) is 17.5 Å². The molecule has 1 amide bonds. The number of fused-ring (bicyclic) bond motifs is 1. The standard InChI is InChI=1S/C18H15N3OS/c19-14-8-13(9-20-10-14)17-4-3-16(23-17)12-1-2-15-11(7-12)5-6-21-18(15)22/h1-4,7-10H,5-6,19H2,(H,21,22). The Morgan fingerprint density at radius 3 is 2.70 bits per heavy atom. The summed E-state index contributed by atoms with van der Waals surface area (Å²) in [6.07, 6.45) is 4.35. The maximum atomic E-state index is 11.8. The molecule has 2 aromatic heterocycles. The Labute approximate surface area is 138 Å². The molecule has 114 valence electrons. The number of nitrogens with one attached hydrogen (secondary N) is 1. The van der Waals surface area contributed by atoms with Crippen LogP contribution < -0.4 is 11.1 Å². The lowest BCUT2D eigenvalue weighted by molar-refractivity contribution is 0.0946. The molecule has 23 heavy (non-hydrogen) atoms. The van der Waals surface area contributed by atoms with Crippen molar-refractivity contribution in [2.45, 2.75) is 6.42 Å². The molecule has 4 nitrogen and oxygen atoms in total. The summed E-state index contributed by atoms with van der Waals surface area (Å²) in [4.78, 5) is 18.3. The second kappa shape index (κ2) is 5.52. The van der Waals surface area contributed by atoms with Crippen molar-refractivity contribution in [1.82, 2.24) is 10.3 Å². The van der Waals surface area contributed by atoms with Crippen molar-refractivity contribution in [1.29, 1.82) is 0 Å². The number of aromatic nitrogens is 1. The summed E-state index contributed by atoms with van der Waals surface area (Å²) < 4.78 is 0. The first kappa shape index (κ1) is 14.0. The number of pyridine rings is 1. The van der Waals surface area contributed by atoms with Gasteiger partial charge in [0.25, 0.3) is 5.91 Å². The Morgan fingerprint density at radius 2 is 1.87 bits per heavy atom. The van der Waals surface area contributed by atoms with Gasteiger partial charge in [0.1, 0.15) is 0 Å². The van der Waals surface area contributed by atoms with Crippen LogP contribution in [0.15, 0.2) is 48.8 Å². The molecule has 0 unspecified atom stereocenters. The molecule has 0 aliphatic carbocycles.